The third-order valence-electron chi connectivity index (χ3n) is 5.28. The van der Waals surface area contributed by atoms with E-state index in [0.717, 1.165) is 43.4 Å². The van der Waals surface area contributed by atoms with Crippen LogP contribution in [0.2, 0.25) is 0 Å². The van der Waals surface area contributed by atoms with E-state index in [0.29, 0.717) is 39.3 Å². The van der Waals surface area contributed by atoms with Crippen LogP contribution in [0.5, 0.6) is 0 Å². The Morgan fingerprint density at radius 3 is 2.50 bits per heavy atom. The first-order valence-electron chi connectivity index (χ1n) is 9.65. The summed E-state index contributed by atoms with van der Waals surface area (Å²) in [5, 5.41) is 11.8. The average molecular weight is 515 g/mol. The van der Waals surface area contributed by atoms with Crippen LogP contribution in [0, 0.1) is 0 Å². The van der Waals surface area contributed by atoms with Gasteiger partial charge in [-0.15, -0.1) is 34.2 Å². The molecular weight excluding hydrogens is 486 g/mol. The van der Waals surface area contributed by atoms with Gasteiger partial charge in [-0.25, -0.2) is 4.99 Å². The highest BCUT2D eigenvalue weighted by Crippen LogP contribution is 2.25. The van der Waals surface area contributed by atoms with Crippen molar-refractivity contribution < 1.29 is 13.2 Å². The molecule has 28 heavy (non-hydrogen) atoms. The number of fused-ring (bicyclic) bond motifs is 1. The highest BCUT2D eigenvalue weighted by atomic mass is 127. The van der Waals surface area contributed by atoms with Gasteiger partial charge in [-0.3, -0.25) is 4.90 Å². The second kappa shape index (κ2) is 10.1. The van der Waals surface area contributed by atoms with E-state index in [-0.39, 0.29) is 24.0 Å². The minimum Gasteiger partial charge on any atom is -0.357 e. The van der Waals surface area contributed by atoms with Crippen LogP contribution in [0.25, 0.3) is 0 Å². The molecule has 160 valence electrons. The Bertz CT molecular complexity index is 654. The lowest BCUT2D eigenvalue weighted by molar-refractivity contribution is -0.181. The Morgan fingerprint density at radius 1 is 1.14 bits per heavy atom. The molecule has 0 spiro atoms. The number of alkyl halides is 3. The van der Waals surface area contributed by atoms with Gasteiger partial charge in [-0.05, 0) is 26.7 Å². The van der Waals surface area contributed by atoms with Crippen molar-refractivity contribution in [1.29, 1.82) is 0 Å². The Labute approximate surface area is 180 Å². The third kappa shape index (κ3) is 5.49. The highest BCUT2D eigenvalue weighted by molar-refractivity contribution is 14.0. The van der Waals surface area contributed by atoms with Crippen LogP contribution >= 0.6 is 24.0 Å². The molecule has 1 aromatic heterocycles. The standard InChI is InChI=1S/C17H28F3N7.HI/c1-3-21-16(22-12-15-24-23-14-6-4-5-7-27(14)15)26-10-8-25(9-11-26)13(2)17(18,19)20;/h13H,3-12H2,1-2H3,(H,21,22);1H. The lowest BCUT2D eigenvalue weighted by Gasteiger charge is -2.39. The van der Waals surface area contributed by atoms with Crippen molar-refractivity contribution >= 4 is 29.9 Å². The Kier molecular flexibility index (Phi) is 8.34. The summed E-state index contributed by atoms with van der Waals surface area (Å²) in [6.45, 7) is 7.03. The molecule has 1 fully saturated rings. The van der Waals surface area contributed by atoms with E-state index < -0.39 is 12.2 Å². The van der Waals surface area contributed by atoms with Crippen molar-refractivity contribution in [3.63, 3.8) is 0 Å². The van der Waals surface area contributed by atoms with Crippen LogP contribution < -0.4 is 5.32 Å². The second-order valence-corrected chi connectivity index (χ2v) is 7.05. The number of rotatable bonds is 4. The third-order valence-corrected chi connectivity index (χ3v) is 5.28. The maximum Gasteiger partial charge on any atom is 0.403 e. The fraction of sp³-hybridized carbons (Fsp3) is 0.824. The number of nitrogens with zero attached hydrogens (tertiary/aromatic N) is 6. The first-order chi connectivity index (χ1) is 12.9. The summed E-state index contributed by atoms with van der Waals surface area (Å²) in [5.41, 5.74) is 0. The molecule has 1 saturated heterocycles. The maximum atomic E-state index is 12.9. The number of piperazine rings is 1. The van der Waals surface area contributed by atoms with E-state index in [1.165, 1.54) is 11.8 Å². The van der Waals surface area contributed by atoms with E-state index in [1.807, 2.05) is 11.8 Å². The molecule has 7 nitrogen and oxygen atoms in total. The van der Waals surface area contributed by atoms with Crippen molar-refractivity contribution in [3.05, 3.63) is 11.6 Å². The van der Waals surface area contributed by atoms with Gasteiger partial charge in [0, 0.05) is 45.7 Å². The van der Waals surface area contributed by atoms with Gasteiger partial charge >= 0.3 is 6.18 Å². The van der Waals surface area contributed by atoms with Crippen molar-refractivity contribution in [3.8, 4) is 0 Å². The number of hydrogen-bond acceptors (Lipinski definition) is 4. The number of aryl methyl sites for hydroxylation is 1. The van der Waals surface area contributed by atoms with E-state index in [2.05, 4.69) is 25.1 Å². The molecule has 11 heteroatoms. The van der Waals surface area contributed by atoms with E-state index in [4.69, 9.17) is 0 Å². The van der Waals surface area contributed by atoms with E-state index >= 15 is 0 Å². The van der Waals surface area contributed by atoms with Gasteiger partial charge in [-0.2, -0.15) is 13.2 Å². The summed E-state index contributed by atoms with van der Waals surface area (Å²) in [5.74, 6) is 2.60. The summed E-state index contributed by atoms with van der Waals surface area (Å²) < 4.78 is 40.9. The Morgan fingerprint density at radius 2 is 1.86 bits per heavy atom. The molecule has 2 aliphatic heterocycles. The molecule has 3 heterocycles. The summed E-state index contributed by atoms with van der Waals surface area (Å²) in [4.78, 5) is 8.18. The minimum absolute atomic E-state index is 0. The number of aromatic nitrogens is 3. The van der Waals surface area contributed by atoms with Crippen LogP contribution in [0.3, 0.4) is 0 Å². The van der Waals surface area contributed by atoms with Crippen molar-refractivity contribution in [2.24, 2.45) is 4.99 Å². The zero-order chi connectivity index (χ0) is 19.4. The quantitative estimate of drug-likeness (QED) is 0.379. The normalized spacial score (nSPS) is 19.8. The molecule has 0 radical (unpaired) electrons. The second-order valence-electron chi connectivity index (χ2n) is 7.05. The van der Waals surface area contributed by atoms with Crippen LogP contribution in [-0.2, 0) is 19.5 Å². The molecule has 1 atom stereocenters. The maximum absolute atomic E-state index is 12.9. The number of guanidine groups is 1. The Hall–Kier alpha value is -1.11. The molecule has 3 rings (SSSR count). The zero-order valence-electron chi connectivity index (χ0n) is 16.4. The molecule has 1 unspecified atom stereocenters. The predicted octanol–water partition coefficient (Wildman–Crippen LogP) is 2.27. The van der Waals surface area contributed by atoms with Gasteiger partial charge in [0.25, 0.3) is 0 Å². The van der Waals surface area contributed by atoms with Crippen molar-refractivity contribution in [1.82, 2.24) is 29.9 Å². The van der Waals surface area contributed by atoms with Crippen LogP contribution in [0.1, 0.15) is 38.3 Å². The molecule has 1 N–H and O–H groups in total. The molecule has 1 aromatic rings. The van der Waals surface area contributed by atoms with Crippen molar-refractivity contribution in [2.45, 2.75) is 58.4 Å². The number of nitrogens with one attached hydrogen (secondary N) is 1. The monoisotopic (exact) mass is 515 g/mol. The molecule has 2 aliphatic rings. The van der Waals surface area contributed by atoms with Crippen LogP contribution in [0.15, 0.2) is 4.99 Å². The van der Waals surface area contributed by atoms with Gasteiger partial charge in [0.1, 0.15) is 18.4 Å². The largest absolute Gasteiger partial charge is 0.403 e. The Balaban J connectivity index is 0.00000280. The molecular formula is C17H29F3IN7. The number of halogens is 4. The minimum atomic E-state index is -4.19. The van der Waals surface area contributed by atoms with Gasteiger partial charge in [0.2, 0.25) is 0 Å². The van der Waals surface area contributed by atoms with E-state index in [1.54, 1.807) is 0 Å². The first kappa shape index (κ1) is 23.2. The summed E-state index contributed by atoms with van der Waals surface area (Å²) in [6.07, 6.45) is -0.963. The van der Waals surface area contributed by atoms with Gasteiger partial charge in [-0.1, -0.05) is 0 Å². The lowest BCUT2D eigenvalue weighted by Crippen LogP contribution is -2.56. The molecule has 0 saturated carbocycles. The number of aliphatic imine (C=N–C) groups is 1. The van der Waals surface area contributed by atoms with Gasteiger partial charge < -0.3 is 14.8 Å². The van der Waals surface area contributed by atoms with Crippen LogP contribution in [-0.4, -0.2) is 75.5 Å². The predicted molar refractivity (Wildman–Crippen MR) is 112 cm³/mol. The summed E-state index contributed by atoms with van der Waals surface area (Å²) in [6, 6.07) is -1.42. The molecule has 0 bridgehead atoms. The summed E-state index contributed by atoms with van der Waals surface area (Å²) in [7, 11) is 0. The molecule has 0 amide bonds. The molecule has 0 aromatic carbocycles. The highest BCUT2D eigenvalue weighted by Gasteiger charge is 2.41. The van der Waals surface area contributed by atoms with Gasteiger partial charge in [0.15, 0.2) is 11.8 Å². The smallest absolute Gasteiger partial charge is 0.357 e. The van der Waals surface area contributed by atoms with Gasteiger partial charge in [0.05, 0.1) is 0 Å². The average Bonchev–Trinajstić information content (AvgIpc) is 3.07. The SMILES string of the molecule is CCNC(=NCc1nnc2n1CCCC2)N1CCN(C(C)C(F)(F)F)CC1.I. The first-order valence-corrected chi connectivity index (χ1v) is 9.65. The summed E-state index contributed by atoms with van der Waals surface area (Å²) >= 11 is 0. The van der Waals surface area contributed by atoms with E-state index in [9.17, 15) is 13.2 Å². The van der Waals surface area contributed by atoms with Crippen molar-refractivity contribution in [2.75, 3.05) is 32.7 Å². The number of hydrogen-bond donors (Lipinski definition) is 1. The fourth-order valence-corrected chi connectivity index (χ4v) is 3.58. The fourth-order valence-electron chi connectivity index (χ4n) is 3.58. The molecule has 0 aliphatic carbocycles. The zero-order valence-corrected chi connectivity index (χ0v) is 18.7. The topological polar surface area (TPSA) is 61.6 Å². The lowest BCUT2D eigenvalue weighted by atomic mass is 10.2. The van der Waals surface area contributed by atoms with Crippen LogP contribution in [0.4, 0.5) is 13.2 Å².